The highest BCUT2D eigenvalue weighted by atomic mass is 19.4. The minimum absolute atomic E-state index is 0.398. The predicted octanol–water partition coefficient (Wildman–Crippen LogP) is 5.35. The summed E-state index contributed by atoms with van der Waals surface area (Å²) in [6.45, 7) is 5.92. The summed E-state index contributed by atoms with van der Waals surface area (Å²) in [6, 6.07) is 14.0. The zero-order chi connectivity index (χ0) is 23.4. The number of terminal acetylenes is 1. The molecule has 1 aliphatic heterocycles. The fraction of sp³-hybridized carbons (Fsp3) is 0.320. The average Bonchev–Trinajstić information content (AvgIpc) is 2.76. The molecule has 1 aliphatic rings. The van der Waals surface area contributed by atoms with Crippen molar-refractivity contribution in [1.82, 2.24) is 5.32 Å². The molecule has 31 heavy (non-hydrogen) atoms. The number of hydrogen-bond donors (Lipinski definition) is 2. The van der Waals surface area contributed by atoms with Crippen molar-refractivity contribution in [3.63, 3.8) is 0 Å². The van der Waals surface area contributed by atoms with E-state index in [1.807, 2.05) is 12.1 Å². The van der Waals surface area contributed by atoms with Crippen LogP contribution in [0, 0.1) is 12.8 Å². The summed E-state index contributed by atoms with van der Waals surface area (Å²) in [5, 5.41) is 3.53. The monoisotopic (exact) mass is 430 g/mol. The van der Waals surface area contributed by atoms with Gasteiger partial charge in [-0.3, -0.25) is 4.79 Å². The van der Waals surface area contributed by atoms with E-state index < -0.39 is 17.6 Å². The van der Waals surface area contributed by atoms with Crippen LogP contribution in [0.5, 0.6) is 0 Å². The molecule has 0 aliphatic carbocycles. The Hall–Kier alpha value is -3.04. The summed E-state index contributed by atoms with van der Waals surface area (Å²) < 4.78 is 37.9. The third kappa shape index (κ3) is 9.10. The van der Waals surface area contributed by atoms with Crippen molar-refractivity contribution in [1.29, 1.82) is 0 Å². The normalized spacial score (nSPS) is 15.5. The highest BCUT2D eigenvalue weighted by Gasteiger charge is 2.29. The second-order valence-electron chi connectivity index (χ2n) is 7.27. The topological polar surface area (TPSA) is 55.1 Å². The van der Waals surface area contributed by atoms with Gasteiger partial charge in [-0.15, -0.1) is 12.8 Å². The number of nitrogens with two attached hydrogens (primary N) is 1. The molecule has 1 heterocycles. The number of hydrogen-bond acceptors (Lipinski definition) is 2. The summed E-state index contributed by atoms with van der Waals surface area (Å²) in [5.41, 5.74) is 7.49. The van der Waals surface area contributed by atoms with Crippen LogP contribution in [-0.4, -0.2) is 18.5 Å². The van der Waals surface area contributed by atoms with Gasteiger partial charge in [-0.05, 0) is 61.6 Å². The second-order valence-corrected chi connectivity index (χ2v) is 7.27. The molecule has 3 rings (SSSR count). The Morgan fingerprint density at radius 2 is 1.74 bits per heavy atom. The molecule has 1 atom stereocenters. The maximum absolute atomic E-state index is 12.6. The number of benzene rings is 2. The Morgan fingerprint density at radius 3 is 2.23 bits per heavy atom. The van der Waals surface area contributed by atoms with Crippen LogP contribution < -0.4 is 11.1 Å². The summed E-state index contributed by atoms with van der Waals surface area (Å²) in [7, 11) is 0. The minimum atomic E-state index is -4.28. The summed E-state index contributed by atoms with van der Waals surface area (Å²) >= 11 is 0. The van der Waals surface area contributed by atoms with E-state index in [0.717, 1.165) is 36.2 Å². The van der Waals surface area contributed by atoms with E-state index in [0.29, 0.717) is 11.6 Å². The van der Waals surface area contributed by atoms with Crippen LogP contribution in [0.1, 0.15) is 37.3 Å². The van der Waals surface area contributed by atoms with Crippen molar-refractivity contribution in [2.75, 3.05) is 6.54 Å². The second kappa shape index (κ2) is 12.6. The SMILES string of the molecule is C#C.C=C(C)C(N)=O.FC(F)(F)c1ccc(-c2cccc(C[C@@H]3CCCCN3)c2)cc1. The van der Waals surface area contributed by atoms with Crippen LogP contribution >= 0.6 is 0 Å². The molecule has 0 aromatic heterocycles. The number of carbonyl (C=O) groups excluding carboxylic acids is 1. The fourth-order valence-electron chi connectivity index (χ4n) is 3.11. The van der Waals surface area contributed by atoms with E-state index in [1.54, 1.807) is 19.1 Å². The number of piperidine rings is 1. The molecule has 6 heteroatoms. The van der Waals surface area contributed by atoms with Crippen LogP contribution in [0.25, 0.3) is 11.1 Å². The molecule has 2 aromatic carbocycles. The third-order valence-corrected chi connectivity index (χ3v) is 4.79. The Balaban J connectivity index is 0.000000521. The Kier molecular flexibility index (Phi) is 10.6. The van der Waals surface area contributed by atoms with Crippen LogP contribution in [0.2, 0.25) is 0 Å². The molecule has 3 N–H and O–H groups in total. The number of primary amides is 1. The number of alkyl halides is 3. The highest BCUT2D eigenvalue weighted by Crippen LogP contribution is 2.31. The van der Waals surface area contributed by atoms with Crippen molar-refractivity contribution < 1.29 is 18.0 Å². The molecule has 1 amide bonds. The molecule has 1 fully saturated rings. The molecule has 0 bridgehead atoms. The van der Waals surface area contributed by atoms with Crippen molar-refractivity contribution in [3.05, 3.63) is 71.8 Å². The van der Waals surface area contributed by atoms with Crippen LogP contribution in [0.15, 0.2) is 60.7 Å². The summed E-state index contributed by atoms with van der Waals surface area (Å²) in [4.78, 5) is 9.82. The number of nitrogens with one attached hydrogen (secondary N) is 1. The van der Waals surface area contributed by atoms with Gasteiger partial charge in [-0.25, -0.2) is 0 Å². The van der Waals surface area contributed by atoms with E-state index in [2.05, 4.69) is 36.9 Å². The zero-order valence-electron chi connectivity index (χ0n) is 17.7. The molecule has 1 saturated heterocycles. The maximum atomic E-state index is 12.6. The van der Waals surface area contributed by atoms with Gasteiger partial charge in [-0.1, -0.05) is 49.4 Å². The van der Waals surface area contributed by atoms with Crippen LogP contribution in [0.4, 0.5) is 13.2 Å². The van der Waals surface area contributed by atoms with E-state index in [-0.39, 0.29) is 0 Å². The average molecular weight is 431 g/mol. The largest absolute Gasteiger partial charge is 0.416 e. The van der Waals surface area contributed by atoms with Gasteiger partial charge < -0.3 is 11.1 Å². The van der Waals surface area contributed by atoms with Gasteiger partial charge >= 0.3 is 6.18 Å². The van der Waals surface area contributed by atoms with Gasteiger partial charge in [0.1, 0.15) is 0 Å². The Morgan fingerprint density at radius 1 is 1.13 bits per heavy atom. The third-order valence-electron chi connectivity index (χ3n) is 4.79. The molecule has 0 radical (unpaired) electrons. The summed E-state index contributed by atoms with van der Waals surface area (Å²) in [5.74, 6) is -0.435. The van der Waals surface area contributed by atoms with Crippen molar-refractivity contribution in [3.8, 4) is 24.0 Å². The molecule has 0 saturated carbocycles. The quantitative estimate of drug-likeness (QED) is 0.507. The standard InChI is InChI=1S/C19H20F3N.C4H7NO.C2H2/c20-19(21,22)17-9-7-15(8-10-17)16-5-3-4-14(12-16)13-18-6-1-2-11-23-18;1-3(2)4(5)6;1-2/h3-5,7-10,12,18,23H,1-2,6,11,13H2;1H2,2H3,(H2,5,6);1-2H/t18-;;/m0../s1. The van der Waals surface area contributed by atoms with E-state index in [9.17, 15) is 18.0 Å². The molecular weight excluding hydrogens is 401 g/mol. The highest BCUT2D eigenvalue weighted by molar-refractivity contribution is 5.90. The molecule has 0 unspecified atom stereocenters. The maximum Gasteiger partial charge on any atom is 0.416 e. The van der Waals surface area contributed by atoms with Crippen LogP contribution in [0.3, 0.4) is 0 Å². The lowest BCUT2D eigenvalue weighted by atomic mass is 9.95. The molecule has 3 nitrogen and oxygen atoms in total. The van der Waals surface area contributed by atoms with E-state index in [1.165, 1.54) is 24.8 Å². The number of halogens is 3. The molecule has 2 aromatic rings. The molecular formula is C25H29F3N2O. The summed E-state index contributed by atoms with van der Waals surface area (Å²) in [6.07, 6.45) is 8.37. The van der Waals surface area contributed by atoms with Crippen molar-refractivity contribution in [2.45, 2.75) is 44.8 Å². The number of amides is 1. The van der Waals surface area contributed by atoms with E-state index in [4.69, 9.17) is 5.73 Å². The Labute approximate surface area is 182 Å². The first-order valence-corrected chi connectivity index (χ1v) is 9.95. The molecule has 0 spiro atoms. The fourth-order valence-corrected chi connectivity index (χ4v) is 3.11. The first-order chi connectivity index (χ1) is 14.7. The lowest BCUT2D eigenvalue weighted by Crippen LogP contribution is -2.35. The van der Waals surface area contributed by atoms with Gasteiger partial charge in [0.25, 0.3) is 0 Å². The van der Waals surface area contributed by atoms with Gasteiger partial charge in [0.2, 0.25) is 5.91 Å². The lowest BCUT2D eigenvalue weighted by Gasteiger charge is -2.23. The molecule has 166 valence electrons. The number of carbonyl (C=O) groups is 1. The van der Waals surface area contributed by atoms with Crippen LogP contribution in [-0.2, 0) is 17.4 Å². The lowest BCUT2D eigenvalue weighted by molar-refractivity contribution is -0.137. The van der Waals surface area contributed by atoms with Gasteiger partial charge in [0.05, 0.1) is 5.56 Å². The predicted molar refractivity (Wildman–Crippen MR) is 120 cm³/mol. The van der Waals surface area contributed by atoms with Crippen molar-refractivity contribution >= 4 is 5.91 Å². The first-order valence-electron chi connectivity index (χ1n) is 9.95. The number of rotatable bonds is 4. The minimum Gasteiger partial charge on any atom is -0.366 e. The zero-order valence-corrected chi connectivity index (χ0v) is 17.7. The smallest absolute Gasteiger partial charge is 0.366 e. The van der Waals surface area contributed by atoms with E-state index >= 15 is 0 Å². The first kappa shape index (κ1) is 26.0. The Bertz CT molecular complexity index is 852. The van der Waals surface area contributed by atoms with Crippen molar-refractivity contribution in [2.24, 2.45) is 5.73 Å². The van der Waals surface area contributed by atoms with Gasteiger partial charge in [-0.2, -0.15) is 13.2 Å². The van der Waals surface area contributed by atoms with Gasteiger partial charge in [0.15, 0.2) is 0 Å². The van der Waals surface area contributed by atoms with Gasteiger partial charge in [0, 0.05) is 11.6 Å².